The van der Waals surface area contributed by atoms with Crippen LogP contribution in [0.1, 0.15) is 18.5 Å². The Hall–Kier alpha value is -3.20. The second-order valence-electron chi connectivity index (χ2n) is 6.51. The molecule has 0 radical (unpaired) electrons. The summed E-state index contributed by atoms with van der Waals surface area (Å²) in [5.74, 6) is -0.503. The Morgan fingerprint density at radius 3 is 2.54 bits per heavy atom. The number of anilines is 2. The lowest BCUT2D eigenvalue weighted by atomic mass is 10.0. The number of halogens is 1. The van der Waals surface area contributed by atoms with E-state index >= 15 is 0 Å². The molecule has 148 valence electrons. The smallest absolute Gasteiger partial charge is 0.407 e. The van der Waals surface area contributed by atoms with Crippen LogP contribution in [0.3, 0.4) is 0 Å². The minimum Gasteiger partial charge on any atom is -0.465 e. The summed E-state index contributed by atoms with van der Waals surface area (Å²) in [6.07, 6.45) is 2.14. The number of piperazine rings is 1. The maximum Gasteiger partial charge on any atom is 0.407 e. The molecule has 3 N–H and O–H groups in total. The molecule has 1 aliphatic heterocycles. The quantitative estimate of drug-likeness (QED) is 0.748. The van der Waals surface area contributed by atoms with E-state index in [1.54, 1.807) is 30.5 Å². The van der Waals surface area contributed by atoms with Gasteiger partial charge in [0.25, 0.3) is 0 Å². The van der Waals surface area contributed by atoms with E-state index in [2.05, 4.69) is 15.6 Å². The summed E-state index contributed by atoms with van der Waals surface area (Å²) in [5, 5.41) is 14.2. The van der Waals surface area contributed by atoms with E-state index in [9.17, 15) is 14.0 Å². The zero-order valence-corrected chi connectivity index (χ0v) is 15.4. The van der Waals surface area contributed by atoms with Crippen LogP contribution in [0.15, 0.2) is 42.7 Å². The van der Waals surface area contributed by atoms with Gasteiger partial charge in [-0.1, -0.05) is 12.1 Å². The Labute approximate surface area is 162 Å². The number of carbonyl (C=O) groups excluding carboxylic acids is 1. The van der Waals surface area contributed by atoms with Gasteiger partial charge in [0.2, 0.25) is 0 Å². The average molecular weight is 387 g/mol. The number of urea groups is 1. The lowest BCUT2D eigenvalue weighted by Crippen LogP contribution is -2.48. The molecule has 3 amide bonds. The molecule has 0 bridgehead atoms. The highest BCUT2D eigenvalue weighted by Gasteiger charge is 2.26. The van der Waals surface area contributed by atoms with Crippen molar-refractivity contribution in [1.29, 1.82) is 0 Å². The summed E-state index contributed by atoms with van der Waals surface area (Å²) in [4.78, 5) is 30.4. The highest BCUT2D eigenvalue weighted by molar-refractivity contribution is 5.99. The standard InChI is InChI=1S/C19H22FN5O3/c1-13(24-8-10-25(11-9-24)19(27)28)15-5-2-6-16(17(15)20)23-18(26)22-14-4-3-7-21-12-14/h2-7,12-13H,8-11H2,1H3,(H,27,28)(H2,22,23,26). The van der Waals surface area contributed by atoms with Crippen molar-refractivity contribution in [2.24, 2.45) is 0 Å². The molecule has 1 aromatic heterocycles. The van der Waals surface area contributed by atoms with Gasteiger partial charge >= 0.3 is 12.1 Å². The first-order valence-electron chi connectivity index (χ1n) is 8.94. The van der Waals surface area contributed by atoms with Crippen molar-refractivity contribution in [2.75, 3.05) is 36.8 Å². The number of carbonyl (C=O) groups is 2. The van der Waals surface area contributed by atoms with E-state index in [-0.39, 0.29) is 11.7 Å². The van der Waals surface area contributed by atoms with Crippen molar-refractivity contribution in [2.45, 2.75) is 13.0 Å². The molecule has 28 heavy (non-hydrogen) atoms. The SMILES string of the molecule is CC(c1cccc(NC(=O)Nc2cccnc2)c1F)N1CCN(C(=O)O)CC1. The summed E-state index contributed by atoms with van der Waals surface area (Å²) < 4.78 is 15.0. The normalized spacial score (nSPS) is 15.7. The minimum atomic E-state index is -0.940. The fraction of sp³-hybridized carbons (Fsp3) is 0.316. The van der Waals surface area contributed by atoms with Crippen molar-refractivity contribution in [3.63, 3.8) is 0 Å². The Morgan fingerprint density at radius 2 is 1.89 bits per heavy atom. The average Bonchev–Trinajstić information content (AvgIpc) is 2.70. The fourth-order valence-corrected chi connectivity index (χ4v) is 3.19. The number of carboxylic acid groups (broad SMARTS) is 1. The van der Waals surface area contributed by atoms with Gasteiger partial charge in [0.15, 0.2) is 5.82 Å². The van der Waals surface area contributed by atoms with E-state index in [0.717, 1.165) is 0 Å². The molecule has 2 heterocycles. The first-order chi connectivity index (χ1) is 13.5. The summed E-state index contributed by atoms with van der Waals surface area (Å²) in [5.41, 5.74) is 1.03. The van der Waals surface area contributed by atoms with Crippen LogP contribution in [-0.4, -0.2) is 58.2 Å². The first-order valence-corrected chi connectivity index (χ1v) is 8.94. The summed E-state index contributed by atoms with van der Waals surface area (Å²) in [6, 6.07) is 7.40. The summed E-state index contributed by atoms with van der Waals surface area (Å²) in [7, 11) is 0. The molecule has 1 unspecified atom stereocenters. The van der Waals surface area contributed by atoms with Gasteiger partial charge in [0.1, 0.15) is 0 Å². The van der Waals surface area contributed by atoms with Crippen LogP contribution in [-0.2, 0) is 0 Å². The first kappa shape index (κ1) is 19.6. The van der Waals surface area contributed by atoms with Gasteiger partial charge in [-0.2, -0.15) is 0 Å². The van der Waals surface area contributed by atoms with Crippen LogP contribution < -0.4 is 10.6 Å². The highest BCUT2D eigenvalue weighted by atomic mass is 19.1. The predicted octanol–water partition coefficient (Wildman–Crippen LogP) is 3.22. The van der Waals surface area contributed by atoms with E-state index in [1.807, 2.05) is 11.8 Å². The van der Waals surface area contributed by atoms with Gasteiger partial charge in [0, 0.05) is 44.0 Å². The van der Waals surface area contributed by atoms with Gasteiger partial charge in [-0.05, 0) is 25.1 Å². The second kappa shape index (κ2) is 8.66. The van der Waals surface area contributed by atoms with Crippen LogP contribution in [0.5, 0.6) is 0 Å². The van der Waals surface area contributed by atoms with Gasteiger partial charge in [-0.3, -0.25) is 9.88 Å². The molecule has 0 aliphatic carbocycles. The molecular formula is C19H22FN5O3. The lowest BCUT2D eigenvalue weighted by molar-refractivity contribution is 0.0881. The predicted molar refractivity (Wildman–Crippen MR) is 103 cm³/mol. The molecule has 8 nitrogen and oxygen atoms in total. The number of aromatic nitrogens is 1. The number of rotatable bonds is 4. The van der Waals surface area contributed by atoms with Gasteiger partial charge in [0.05, 0.1) is 17.6 Å². The maximum atomic E-state index is 15.0. The van der Waals surface area contributed by atoms with Gasteiger partial charge in [-0.15, -0.1) is 0 Å². The van der Waals surface area contributed by atoms with Crippen molar-refractivity contribution in [3.8, 4) is 0 Å². The molecule has 2 aromatic rings. The molecule has 1 aromatic carbocycles. The largest absolute Gasteiger partial charge is 0.465 e. The maximum absolute atomic E-state index is 15.0. The molecule has 0 saturated carbocycles. The molecule has 9 heteroatoms. The van der Waals surface area contributed by atoms with Crippen molar-refractivity contribution < 1.29 is 19.1 Å². The molecular weight excluding hydrogens is 365 g/mol. The molecule has 1 fully saturated rings. The molecule has 1 atom stereocenters. The molecule has 1 aliphatic rings. The van der Waals surface area contributed by atoms with E-state index in [0.29, 0.717) is 37.4 Å². The third-order valence-electron chi connectivity index (χ3n) is 4.78. The number of amides is 3. The highest BCUT2D eigenvalue weighted by Crippen LogP contribution is 2.28. The minimum absolute atomic E-state index is 0.0786. The lowest BCUT2D eigenvalue weighted by Gasteiger charge is -2.37. The Morgan fingerprint density at radius 1 is 1.14 bits per heavy atom. The zero-order chi connectivity index (χ0) is 20.1. The van der Waals surface area contributed by atoms with Crippen LogP contribution in [0.4, 0.5) is 25.4 Å². The number of benzene rings is 1. The topological polar surface area (TPSA) is 97.8 Å². The number of pyridine rings is 1. The number of hydrogen-bond acceptors (Lipinski definition) is 4. The van der Waals surface area contributed by atoms with E-state index < -0.39 is 17.9 Å². The van der Waals surface area contributed by atoms with Crippen molar-refractivity contribution >= 4 is 23.5 Å². The van der Waals surface area contributed by atoms with Crippen molar-refractivity contribution in [1.82, 2.24) is 14.8 Å². The Bertz CT molecular complexity index is 841. The molecule has 1 saturated heterocycles. The van der Waals surface area contributed by atoms with Crippen LogP contribution >= 0.6 is 0 Å². The van der Waals surface area contributed by atoms with Crippen LogP contribution in [0, 0.1) is 5.82 Å². The molecule has 0 spiro atoms. The number of nitrogens with one attached hydrogen (secondary N) is 2. The second-order valence-corrected chi connectivity index (χ2v) is 6.51. The fourth-order valence-electron chi connectivity index (χ4n) is 3.19. The van der Waals surface area contributed by atoms with E-state index in [4.69, 9.17) is 5.11 Å². The number of nitrogens with zero attached hydrogens (tertiary/aromatic N) is 3. The van der Waals surface area contributed by atoms with Crippen LogP contribution in [0.2, 0.25) is 0 Å². The third kappa shape index (κ3) is 4.55. The number of hydrogen-bond donors (Lipinski definition) is 3. The van der Waals surface area contributed by atoms with Gasteiger partial charge in [-0.25, -0.2) is 14.0 Å². The summed E-state index contributed by atoms with van der Waals surface area (Å²) in [6.45, 7) is 3.67. The van der Waals surface area contributed by atoms with Gasteiger partial charge < -0.3 is 20.6 Å². The zero-order valence-electron chi connectivity index (χ0n) is 15.4. The van der Waals surface area contributed by atoms with E-state index in [1.165, 1.54) is 17.2 Å². The Balaban J connectivity index is 1.67. The Kier molecular flexibility index (Phi) is 6.05. The van der Waals surface area contributed by atoms with Crippen LogP contribution in [0.25, 0.3) is 0 Å². The monoisotopic (exact) mass is 387 g/mol. The summed E-state index contributed by atoms with van der Waals surface area (Å²) >= 11 is 0. The molecule has 3 rings (SSSR count). The van der Waals surface area contributed by atoms with Crippen molar-refractivity contribution in [3.05, 3.63) is 54.1 Å². The third-order valence-corrected chi connectivity index (χ3v) is 4.78.